The maximum absolute atomic E-state index is 9.44. The molecule has 0 radical (unpaired) electrons. The van der Waals surface area contributed by atoms with Crippen LogP contribution in [0.3, 0.4) is 0 Å². The fourth-order valence-electron chi connectivity index (χ4n) is 0.953. The SMILES string of the molecule is CC(C)C(O)CNC1=NCCN1. The molecule has 12 heavy (non-hydrogen) atoms. The van der Waals surface area contributed by atoms with Crippen molar-refractivity contribution in [2.24, 2.45) is 10.9 Å². The summed E-state index contributed by atoms with van der Waals surface area (Å²) in [5.74, 6) is 1.11. The van der Waals surface area contributed by atoms with Crippen molar-refractivity contribution in [3.8, 4) is 0 Å². The minimum absolute atomic E-state index is 0.291. The first kappa shape index (κ1) is 9.32. The van der Waals surface area contributed by atoms with Crippen LogP contribution in [0.4, 0.5) is 0 Å². The van der Waals surface area contributed by atoms with E-state index in [0.29, 0.717) is 12.5 Å². The molecule has 0 spiro atoms. The van der Waals surface area contributed by atoms with E-state index < -0.39 is 0 Å². The number of aliphatic hydroxyl groups is 1. The summed E-state index contributed by atoms with van der Waals surface area (Å²) >= 11 is 0. The molecule has 1 atom stereocenters. The zero-order valence-corrected chi connectivity index (χ0v) is 7.67. The summed E-state index contributed by atoms with van der Waals surface area (Å²) in [5.41, 5.74) is 0. The number of hydrogen-bond donors (Lipinski definition) is 3. The number of aliphatic hydroxyl groups excluding tert-OH is 1. The van der Waals surface area contributed by atoms with Crippen LogP contribution < -0.4 is 10.6 Å². The molecule has 0 amide bonds. The third-order valence-corrected chi connectivity index (χ3v) is 1.92. The van der Waals surface area contributed by atoms with E-state index in [1.165, 1.54) is 0 Å². The second kappa shape index (κ2) is 4.30. The lowest BCUT2D eigenvalue weighted by molar-refractivity contribution is 0.128. The molecule has 0 bridgehead atoms. The van der Waals surface area contributed by atoms with Crippen molar-refractivity contribution in [3.05, 3.63) is 0 Å². The Morgan fingerprint density at radius 1 is 1.67 bits per heavy atom. The van der Waals surface area contributed by atoms with Crippen molar-refractivity contribution in [2.45, 2.75) is 20.0 Å². The first-order chi connectivity index (χ1) is 5.70. The molecular formula is C8H17N3O. The van der Waals surface area contributed by atoms with Gasteiger partial charge in [-0.1, -0.05) is 13.8 Å². The maximum Gasteiger partial charge on any atom is 0.191 e. The van der Waals surface area contributed by atoms with Crippen molar-refractivity contribution in [1.29, 1.82) is 0 Å². The zero-order chi connectivity index (χ0) is 8.97. The van der Waals surface area contributed by atoms with Crippen LogP contribution in [0, 0.1) is 5.92 Å². The van der Waals surface area contributed by atoms with Crippen LogP contribution >= 0.6 is 0 Å². The maximum atomic E-state index is 9.44. The molecule has 1 aliphatic heterocycles. The minimum atomic E-state index is -0.296. The van der Waals surface area contributed by atoms with E-state index >= 15 is 0 Å². The lowest BCUT2D eigenvalue weighted by Gasteiger charge is -2.15. The highest BCUT2D eigenvalue weighted by Crippen LogP contribution is 1.98. The second-order valence-electron chi connectivity index (χ2n) is 3.35. The Bertz CT molecular complexity index is 168. The number of nitrogens with zero attached hydrogens (tertiary/aromatic N) is 1. The first-order valence-electron chi connectivity index (χ1n) is 4.40. The van der Waals surface area contributed by atoms with Crippen LogP contribution in [0.2, 0.25) is 0 Å². The average Bonchev–Trinajstić information content (AvgIpc) is 2.51. The van der Waals surface area contributed by atoms with Gasteiger partial charge >= 0.3 is 0 Å². The van der Waals surface area contributed by atoms with Gasteiger partial charge in [0.15, 0.2) is 5.96 Å². The normalized spacial score (nSPS) is 18.8. The Labute approximate surface area is 73.1 Å². The highest BCUT2D eigenvalue weighted by molar-refractivity contribution is 5.81. The Morgan fingerprint density at radius 3 is 2.92 bits per heavy atom. The van der Waals surface area contributed by atoms with E-state index in [4.69, 9.17) is 0 Å². The first-order valence-corrected chi connectivity index (χ1v) is 4.40. The lowest BCUT2D eigenvalue weighted by atomic mass is 10.1. The molecule has 0 aliphatic carbocycles. The molecule has 0 aromatic carbocycles. The minimum Gasteiger partial charge on any atom is -0.391 e. The van der Waals surface area contributed by atoms with Crippen molar-refractivity contribution in [3.63, 3.8) is 0 Å². The molecule has 3 N–H and O–H groups in total. The number of hydrogen-bond acceptors (Lipinski definition) is 4. The molecule has 0 aromatic rings. The molecule has 0 aromatic heterocycles. The summed E-state index contributed by atoms with van der Waals surface area (Å²) < 4.78 is 0. The monoisotopic (exact) mass is 171 g/mol. The molecular weight excluding hydrogens is 154 g/mol. The Kier molecular flexibility index (Phi) is 3.34. The number of aliphatic imine (C=N–C) groups is 1. The van der Waals surface area contributed by atoms with Gasteiger partial charge < -0.3 is 15.7 Å². The van der Waals surface area contributed by atoms with Gasteiger partial charge in [-0.15, -0.1) is 0 Å². The molecule has 0 saturated heterocycles. The molecule has 4 nitrogen and oxygen atoms in total. The van der Waals surface area contributed by atoms with E-state index in [-0.39, 0.29) is 6.10 Å². The quantitative estimate of drug-likeness (QED) is 0.539. The standard InChI is InChI=1S/C8H17N3O/c1-6(2)7(12)5-11-8-9-3-4-10-8/h6-7,12H,3-5H2,1-2H3,(H2,9,10,11). The summed E-state index contributed by atoms with van der Waals surface area (Å²) in [6.07, 6.45) is -0.296. The summed E-state index contributed by atoms with van der Waals surface area (Å²) in [6, 6.07) is 0. The van der Waals surface area contributed by atoms with Gasteiger partial charge in [0.25, 0.3) is 0 Å². The van der Waals surface area contributed by atoms with E-state index in [9.17, 15) is 5.11 Å². The van der Waals surface area contributed by atoms with Gasteiger partial charge in [0.05, 0.1) is 12.6 Å². The van der Waals surface area contributed by atoms with Gasteiger partial charge in [-0.25, -0.2) is 0 Å². The molecule has 1 heterocycles. The van der Waals surface area contributed by atoms with E-state index in [2.05, 4.69) is 15.6 Å². The van der Waals surface area contributed by atoms with Gasteiger partial charge in [-0.2, -0.15) is 0 Å². The van der Waals surface area contributed by atoms with Gasteiger partial charge in [-0.3, -0.25) is 4.99 Å². The summed E-state index contributed by atoms with van der Waals surface area (Å²) in [7, 11) is 0. The van der Waals surface area contributed by atoms with Crippen LogP contribution in [-0.2, 0) is 0 Å². The van der Waals surface area contributed by atoms with E-state index in [1.54, 1.807) is 0 Å². The predicted molar refractivity (Wildman–Crippen MR) is 49.2 cm³/mol. The highest BCUT2D eigenvalue weighted by atomic mass is 16.3. The molecule has 1 aliphatic rings. The molecule has 70 valence electrons. The average molecular weight is 171 g/mol. The van der Waals surface area contributed by atoms with E-state index in [0.717, 1.165) is 19.0 Å². The summed E-state index contributed by atoms with van der Waals surface area (Å²) in [4.78, 5) is 4.15. The third kappa shape index (κ3) is 2.70. The zero-order valence-electron chi connectivity index (χ0n) is 7.67. The van der Waals surface area contributed by atoms with Gasteiger partial charge in [0.2, 0.25) is 0 Å². The Hall–Kier alpha value is -0.770. The molecule has 0 fully saturated rings. The van der Waals surface area contributed by atoms with Crippen LogP contribution in [0.1, 0.15) is 13.8 Å². The topological polar surface area (TPSA) is 56.6 Å². The van der Waals surface area contributed by atoms with Crippen LogP contribution in [0.25, 0.3) is 0 Å². The number of nitrogens with one attached hydrogen (secondary N) is 2. The second-order valence-corrected chi connectivity index (χ2v) is 3.35. The van der Waals surface area contributed by atoms with Gasteiger partial charge in [-0.05, 0) is 5.92 Å². The molecule has 4 heteroatoms. The van der Waals surface area contributed by atoms with Crippen molar-refractivity contribution < 1.29 is 5.11 Å². The molecule has 1 rings (SSSR count). The Morgan fingerprint density at radius 2 is 2.42 bits per heavy atom. The van der Waals surface area contributed by atoms with E-state index in [1.807, 2.05) is 13.8 Å². The fourth-order valence-corrected chi connectivity index (χ4v) is 0.953. The van der Waals surface area contributed by atoms with Crippen molar-refractivity contribution in [1.82, 2.24) is 10.6 Å². The predicted octanol–water partition coefficient (Wildman–Crippen LogP) is -0.448. The van der Waals surface area contributed by atoms with Crippen LogP contribution in [0.5, 0.6) is 0 Å². The summed E-state index contributed by atoms with van der Waals surface area (Å²) in [5, 5.41) is 15.6. The van der Waals surface area contributed by atoms with Crippen LogP contribution in [-0.4, -0.2) is 36.8 Å². The van der Waals surface area contributed by atoms with Crippen molar-refractivity contribution in [2.75, 3.05) is 19.6 Å². The smallest absolute Gasteiger partial charge is 0.191 e. The lowest BCUT2D eigenvalue weighted by Crippen LogP contribution is -2.40. The summed E-state index contributed by atoms with van der Waals surface area (Å²) in [6.45, 7) is 6.30. The largest absolute Gasteiger partial charge is 0.391 e. The fraction of sp³-hybridized carbons (Fsp3) is 0.875. The highest BCUT2D eigenvalue weighted by Gasteiger charge is 2.10. The number of guanidine groups is 1. The molecule has 1 unspecified atom stereocenters. The van der Waals surface area contributed by atoms with Crippen LogP contribution in [0.15, 0.2) is 4.99 Å². The Balaban J connectivity index is 2.16. The van der Waals surface area contributed by atoms with Gasteiger partial charge in [0.1, 0.15) is 0 Å². The van der Waals surface area contributed by atoms with Crippen molar-refractivity contribution >= 4 is 5.96 Å². The molecule has 0 saturated carbocycles. The third-order valence-electron chi connectivity index (χ3n) is 1.92. The number of rotatable bonds is 3. The van der Waals surface area contributed by atoms with Gasteiger partial charge in [0, 0.05) is 13.1 Å².